The SMILES string of the molecule is COc1nc(OC)nc(N(C)CCC(N)=S)n1. The monoisotopic (exact) mass is 257 g/mol. The Hall–Kier alpha value is -1.70. The van der Waals surface area contributed by atoms with Crippen LogP contribution < -0.4 is 20.1 Å². The fourth-order valence-electron chi connectivity index (χ4n) is 1.06. The molecular weight excluding hydrogens is 242 g/mol. The maximum absolute atomic E-state index is 5.43. The van der Waals surface area contributed by atoms with Crippen LogP contribution in [-0.2, 0) is 0 Å². The van der Waals surface area contributed by atoms with Crippen molar-refractivity contribution in [3.8, 4) is 12.0 Å². The standard InChI is InChI=1S/C9H15N5O2S/c1-14(5-4-6(10)17)7-11-8(15-2)13-9(12-7)16-3/h4-5H2,1-3H3,(H2,10,17). The number of nitrogens with zero attached hydrogens (tertiary/aromatic N) is 4. The van der Waals surface area contributed by atoms with E-state index in [0.717, 1.165) is 0 Å². The van der Waals surface area contributed by atoms with E-state index in [-0.39, 0.29) is 12.0 Å². The van der Waals surface area contributed by atoms with Crippen molar-refractivity contribution in [2.45, 2.75) is 6.42 Å². The molecule has 0 atom stereocenters. The Balaban J connectivity index is 2.84. The molecule has 0 aliphatic carbocycles. The second-order valence-corrected chi connectivity index (χ2v) is 3.77. The Morgan fingerprint density at radius 1 is 1.24 bits per heavy atom. The van der Waals surface area contributed by atoms with Gasteiger partial charge in [-0.2, -0.15) is 9.97 Å². The number of aromatic nitrogens is 3. The molecule has 1 rings (SSSR count). The van der Waals surface area contributed by atoms with Gasteiger partial charge in [-0.1, -0.05) is 12.2 Å². The van der Waals surface area contributed by atoms with E-state index in [0.29, 0.717) is 23.9 Å². The molecule has 0 saturated heterocycles. The van der Waals surface area contributed by atoms with Crippen molar-refractivity contribution in [1.29, 1.82) is 0 Å². The Kier molecular flexibility index (Phi) is 4.83. The maximum atomic E-state index is 5.43. The molecule has 0 aliphatic rings. The van der Waals surface area contributed by atoms with Crippen molar-refractivity contribution in [2.75, 3.05) is 32.7 Å². The zero-order chi connectivity index (χ0) is 12.8. The van der Waals surface area contributed by atoms with Gasteiger partial charge in [-0.25, -0.2) is 0 Å². The molecule has 17 heavy (non-hydrogen) atoms. The highest BCUT2D eigenvalue weighted by Crippen LogP contribution is 2.14. The minimum absolute atomic E-state index is 0.203. The predicted octanol–water partition coefficient (Wildman–Crippen LogP) is 0.00120. The van der Waals surface area contributed by atoms with Gasteiger partial charge >= 0.3 is 12.0 Å². The van der Waals surface area contributed by atoms with E-state index in [1.807, 2.05) is 7.05 Å². The number of rotatable bonds is 6. The zero-order valence-corrected chi connectivity index (χ0v) is 10.8. The summed E-state index contributed by atoms with van der Waals surface area (Å²) in [6, 6.07) is 0.406. The summed E-state index contributed by atoms with van der Waals surface area (Å²) in [5.74, 6) is 0.449. The van der Waals surface area contributed by atoms with E-state index in [4.69, 9.17) is 27.4 Å². The second kappa shape index (κ2) is 6.14. The van der Waals surface area contributed by atoms with Crippen LogP contribution in [0.5, 0.6) is 12.0 Å². The highest BCUT2D eigenvalue weighted by Gasteiger charge is 2.11. The molecule has 0 radical (unpaired) electrons. The molecule has 0 aliphatic heterocycles. The lowest BCUT2D eigenvalue weighted by molar-refractivity contribution is 0.340. The first-order valence-corrected chi connectivity index (χ1v) is 5.31. The van der Waals surface area contributed by atoms with E-state index in [9.17, 15) is 0 Å². The molecule has 0 amide bonds. The van der Waals surface area contributed by atoms with Gasteiger partial charge in [-0.15, -0.1) is 4.98 Å². The van der Waals surface area contributed by atoms with Crippen LogP contribution >= 0.6 is 12.2 Å². The van der Waals surface area contributed by atoms with E-state index >= 15 is 0 Å². The minimum Gasteiger partial charge on any atom is -0.467 e. The summed E-state index contributed by atoms with van der Waals surface area (Å²) in [7, 11) is 4.79. The number of anilines is 1. The van der Waals surface area contributed by atoms with Crippen molar-refractivity contribution < 1.29 is 9.47 Å². The van der Waals surface area contributed by atoms with Crippen LogP contribution in [0.25, 0.3) is 0 Å². The van der Waals surface area contributed by atoms with Gasteiger partial charge in [-0.05, 0) is 0 Å². The summed E-state index contributed by atoms with van der Waals surface area (Å²) in [4.78, 5) is 14.3. The molecule has 2 N–H and O–H groups in total. The van der Waals surface area contributed by atoms with Crippen LogP contribution in [0.15, 0.2) is 0 Å². The van der Waals surface area contributed by atoms with E-state index < -0.39 is 0 Å². The lowest BCUT2D eigenvalue weighted by atomic mass is 10.4. The maximum Gasteiger partial charge on any atom is 0.324 e. The van der Waals surface area contributed by atoms with E-state index in [1.54, 1.807) is 4.90 Å². The summed E-state index contributed by atoms with van der Waals surface area (Å²) >= 11 is 4.81. The first kappa shape index (κ1) is 13.4. The molecule has 7 nitrogen and oxygen atoms in total. The third-order valence-electron chi connectivity index (χ3n) is 1.98. The molecule has 0 aromatic carbocycles. The fraction of sp³-hybridized carbons (Fsp3) is 0.556. The molecular formula is C9H15N5O2S. The van der Waals surface area contributed by atoms with Gasteiger partial charge in [0, 0.05) is 20.0 Å². The molecule has 0 saturated carbocycles. The van der Waals surface area contributed by atoms with E-state index in [2.05, 4.69) is 15.0 Å². The predicted molar refractivity (Wildman–Crippen MR) is 67.6 cm³/mol. The first-order valence-electron chi connectivity index (χ1n) is 4.90. The second-order valence-electron chi connectivity index (χ2n) is 3.25. The molecule has 1 heterocycles. The average Bonchev–Trinajstić information content (AvgIpc) is 2.34. The number of hydrogen-bond acceptors (Lipinski definition) is 7. The van der Waals surface area contributed by atoms with Crippen LogP contribution in [0.3, 0.4) is 0 Å². The quantitative estimate of drug-likeness (QED) is 0.713. The molecule has 1 aromatic heterocycles. The lowest BCUT2D eigenvalue weighted by Gasteiger charge is -2.16. The Labute approximate surface area is 105 Å². The van der Waals surface area contributed by atoms with E-state index in [1.165, 1.54) is 14.2 Å². The Morgan fingerprint density at radius 3 is 2.18 bits per heavy atom. The molecule has 0 unspecified atom stereocenters. The summed E-state index contributed by atoms with van der Waals surface area (Å²) in [6.07, 6.45) is 0.585. The van der Waals surface area contributed by atoms with Gasteiger partial charge in [0.05, 0.1) is 19.2 Å². The summed E-state index contributed by atoms with van der Waals surface area (Å²) < 4.78 is 9.91. The normalized spacial score (nSPS) is 9.82. The van der Waals surface area contributed by atoms with Gasteiger partial charge < -0.3 is 20.1 Å². The number of hydrogen-bond donors (Lipinski definition) is 1. The number of methoxy groups -OCH3 is 2. The van der Waals surface area contributed by atoms with Gasteiger partial charge in [0.15, 0.2) is 0 Å². The van der Waals surface area contributed by atoms with Gasteiger partial charge in [0.1, 0.15) is 0 Å². The fourth-order valence-corrected chi connectivity index (χ4v) is 1.15. The molecule has 0 fully saturated rings. The molecule has 0 spiro atoms. The molecule has 0 bridgehead atoms. The van der Waals surface area contributed by atoms with Gasteiger partial charge in [0.2, 0.25) is 5.95 Å². The van der Waals surface area contributed by atoms with Crippen molar-refractivity contribution in [2.24, 2.45) is 5.73 Å². The number of ether oxygens (including phenoxy) is 2. The van der Waals surface area contributed by atoms with Crippen LogP contribution in [0.2, 0.25) is 0 Å². The topological polar surface area (TPSA) is 86.4 Å². The largest absolute Gasteiger partial charge is 0.467 e. The average molecular weight is 257 g/mol. The van der Waals surface area contributed by atoms with Crippen molar-refractivity contribution in [3.05, 3.63) is 0 Å². The highest BCUT2D eigenvalue weighted by atomic mass is 32.1. The number of nitrogens with two attached hydrogens (primary N) is 1. The zero-order valence-electron chi connectivity index (χ0n) is 10.0. The smallest absolute Gasteiger partial charge is 0.324 e. The van der Waals surface area contributed by atoms with Crippen LogP contribution in [0.4, 0.5) is 5.95 Å². The van der Waals surface area contributed by atoms with Crippen LogP contribution in [0.1, 0.15) is 6.42 Å². The summed E-state index contributed by atoms with van der Waals surface area (Å²) in [5, 5.41) is 0. The summed E-state index contributed by atoms with van der Waals surface area (Å²) in [5.41, 5.74) is 5.43. The Bertz CT molecular complexity index is 379. The summed E-state index contributed by atoms with van der Waals surface area (Å²) in [6.45, 7) is 0.617. The Morgan fingerprint density at radius 2 is 1.76 bits per heavy atom. The van der Waals surface area contributed by atoms with Crippen LogP contribution in [0, 0.1) is 0 Å². The number of thiocarbonyl (C=S) groups is 1. The third-order valence-corrected chi connectivity index (χ3v) is 2.19. The van der Waals surface area contributed by atoms with Crippen LogP contribution in [-0.4, -0.2) is 47.8 Å². The molecule has 8 heteroatoms. The lowest BCUT2D eigenvalue weighted by Crippen LogP contribution is -2.25. The van der Waals surface area contributed by atoms with Crippen molar-refractivity contribution in [1.82, 2.24) is 15.0 Å². The first-order chi connectivity index (χ1) is 8.06. The van der Waals surface area contributed by atoms with Crippen molar-refractivity contribution in [3.63, 3.8) is 0 Å². The molecule has 1 aromatic rings. The third kappa shape index (κ3) is 3.99. The van der Waals surface area contributed by atoms with Crippen molar-refractivity contribution >= 4 is 23.2 Å². The highest BCUT2D eigenvalue weighted by molar-refractivity contribution is 7.80. The van der Waals surface area contributed by atoms with Gasteiger partial charge in [-0.3, -0.25) is 0 Å². The minimum atomic E-state index is 0.203. The molecule has 94 valence electrons. The van der Waals surface area contributed by atoms with Gasteiger partial charge in [0.25, 0.3) is 0 Å².